The standard InChI is InChI=1S/C18H19ClN2O4S/c1-11-16(17(22)21-8-2-3-12(9-21)18(23)24)26-15(20-11)10-25-14-6-4-13(19)5-7-14/h4-7,12H,2-3,8-10H2,1H3,(H,23,24). The van der Waals surface area contributed by atoms with Gasteiger partial charge >= 0.3 is 5.97 Å². The molecule has 0 radical (unpaired) electrons. The fraction of sp³-hybridized carbons (Fsp3) is 0.389. The highest BCUT2D eigenvalue weighted by Crippen LogP contribution is 2.25. The molecule has 0 aliphatic carbocycles. The minimum atomic E-state index is -0.847. The summed E-state index contributed by atoms with van der Waals surface area (Å²) in [4.78, 5) is 30.5. The van der Waals surface area contributed by atoms with Crippen molar-refractivity contribution in [3.05, 3.63) is 44.9 Å². The van der Waals surface area contributed by atoms with Gasteiger partial charge in [-0.05, 0) is 44.0 Å². The summed E-state index contributed by atoms with van der Waals surface area (Å²) in [5.41, 5.74) is 0.646. The number of hydrogen-bond donors (Lipinski definition) is 1. The van der Waals surface area contributed by atoms with Gasteiger partial charge in [0, 0.05) is 18.1 Å². The third-order valence-corrected chi connectivity index (χ3v) is 5.64. The molecule has 1 unspecified atom stereocenters. The van der Waals surface area contributed by atoms with E-state index in [0.29, 0.717) is 45.7 Å². The van der Waals surface area contributed by atoms with Crippen molar-refractivity contribution in [1.29, 1.82) is 0 Å². The first-order valence-corrected chi connectivity index (χ1v) is 9.50. The van der Waals surface area contributed by atoms with Crippen LogP contribution in [-0.4, -0.2) is 40.0 Å². The third kappa shape index (κ3) is 4.34. The maximum absolute atomic E-state index is 12.8. The number of aryl methyl sites for hydroxylation is 1. The SMILES string of the molecule is Cc1nc(COc2ccc(Cl)cc2)sc1C(=O)N1CCCC(C(=O)O)C1. The summed E-state index contributed by atoms with van der Waals surface area (Å²) in [6.45, 7) is 2.88. The molecule has 26 heavy (non-hydrogen) atoms. The van der Waals surface area contributed by atoms with Crippen LogP contribution < -0.4 is 4.74 Å². The van der Waals surface area contributed by atoms with E-state index in [0.717, 1.165) is 0 Å². The number of carboxylic acid groups (broad SMARTS) is 1. The molecule has 0 bridgehead atoms. The molecule has 2 heterocycles. The van der Waals surface area contributed by atoms with Crippen LogP contribution in [0, 0.1) is 12.8 Å². The molecule has 3 rings (SSSR count). The lowest BCUT2D eigenvalue weighted by Gasteiger charge is -2.30. The number of nitrogens with zero attached hydrogens (tertiary/aromatic N) is 2. The Hall–Kier alpha value is -2.12. The Morgan fingerprint density at radius 3 is 2.81 bits per heavy atom. The molecule has 1 saturated heterocycles. The topological polar surface area (TPSA) is 79.7 Å². The Balaban J connectivity index is 1.66. The maximum atomic E-state index is 12.8. The lowest BCUT2D eigenvalue weighted by molar-refractivity contribution is -0.143. The summed E-state index contributed by atoms with van der Waals surface area (Å²) in [5, 5.41) is 10.5. The molecule has 1 aromatic heterocycles. The van der Waals surface area contributed by atoms with E-state index in [-0.39, 0.29) is 19.1 Å². The number of piperidine rings is 1. The highest BCUT2D eigenvalue weighted by Gasteiger charge is 2.30. The van der Waals surface area contributed by atoms with E-state index in [2.05, 4.69) is 4.98 Å². The van der Waals surface area contributed by atoms with E-state index in [4.69, 9.17) is 16.3 Å². The monoisotopic (exact) mass is 394 g/mol. The van der Waals surface area contributed by atoms with Crippen molar-refractivity contribution in [1.82, 2.24) is 9.88 Å². The van der Waals surface area contributed by atoms with Crippen LogP contribution in [0.1, 0.15) is 33.2 Å². The molecule has 0 saturated carbocycles. The van der Waals surface area contributed by atoms with Crippen LogP contribution in [-0.2, 0) is 11.4 Å². The molecule has 1 aliphatic rings. The van der Waals surface area contributed by atoms with Crippen LogP contribution in [0.3, 0.4) is 0 Å². The lowest BCUT2D eigenvalue weighted by Crippen LogP contribution is -2.42. The third-order valence-electron chi connectivity index (χ3n) is 4.27. The van der Waals surface area contributed by atoms with E-state index in [9.17, 15) is 14.7 Å². The lowest BCUT2D eigenvalue weighted by atomic mass is 9.98. The maximum Gasteiger partial charge on any atom is 0.308 e. The molecule has 6 nitrogen and oxygen atoms in total. The van der Waals surface area contributed by atoms with E-state index >= 15 is 0 Å². The second kappa shape index (κ2) is 8.05. The van der Waals surface area contributed by atoms with Gasteiger partial charge in [-0.3, -0.25) is 9.59 Å². The summed E-state index contributed by atoms with van der Waals surface area (Å²) >= 11 is 7.14. The van der Waals surface area contributed by atoms with Gasteiger partial charge in [0.15, 0.2) is 0 Å². The largest absolute Gasteiger partial charge is 0.486 e. The van der Waals surface area contributed by atoms with Crippen molar-refractivity contribution in [3.8, 4) is 5.75 Å². The number of benzene rings is 1. The van der Waals surface area contributed by atoms with E-state index in [1.807, 2.05) is 0 Å². The fourth-order valence-corrected chi connectivity index (χ4v) is 3.97. The summed E-state index contributed by atoms with van der Waals surface area (Å²) < 4.78 is 5.68. The number of aromatic nitrogens is 1. The van der Waals surface area contributed by atoms with Gasteiger partial charge in [0.2, 0.25) is 0 Å². The van der Waals surface area contributed by atoms with Crippen LogP contribution >= 0.6 is 22.9 Å². The zero-order valence-electron chi connectivity index (χ0n) is 14.3. The molecule has 8 heteroatoms. The molecule has 1 aromatic carbocycles. The summed E-state index contributed by atoms with van der Waals surface area (Å²) in [5.74, 6) is -0.812. The molecule has 0 spiro atoms. The quantitative estimate of drug-likeness (QED) is 0.837. The molecular formula is C18H19ClN2O4S. The van der Waals surface area contributed by atoms with Crippen LogP contribution in [0.5, 0.6) is 5.75 Å². The number of carbonyl (C=O) groups excluding carboxylic acids is 1. The second-order valence-electron chi connectivity index (χ2n) is 6.19. The first-order chi connectivity index (χ1) is 12.4. The average Bonchev–Trinajstić information content (AvgIpc) is 3.01. The van der Waals surface area contributed by atoms with Gasteiger partial charge in [0.25, 0.3) is 5.91 Å². The van der Waals surface area contributed by atoms with Crippen molar-refractivity contribution in [2.75, 3.05) is 13.1 Å². The smallest absolute Gasteiger partial charge is 0.308 e. The highest BCUT2D eigenvalue weighted by atomic mass is 35.5. The molecule has 1 atom stereocenters. The Kier molecular flexibility index (Phi) is 5.78. The number of amides is 1. The van der Waals surface area contributed by atoms with Crippen molar-refractivity contribution in [2.45, 2.75) is 26.4 Å². The van der Waals surface area contributed by atoms with Gasteiger partial charge in [-0.1, -0.05) is 11.6 Å². The van der Waals surface area contributed by atoms with Crippen molar-refractivity contribution < 1.29 is 19.4 Å². The van der Waals surface area contributed by atoms with E-state index < -0.39 is 11.9 Å². The van der Waals surface area contributed by atoms with E-state index in [1.165, 1.54) is 11.3 Å². The van der Waals surface area contributed by atoms with Crippen LogP contribution in [0.4, 0.5) is 0 Å². The summed E-state index contributed by atoms with van der Waals surface area (Å²) in [6, 6.07) is 7.03. The average molecular weight is 395 g/mol. The Morgan fingerprint density at radius 2 is 2.12 bits per heavy atom. The van der Waals surface area contributed by atoms with Crippen molar-refractivity contribution in [2.24, 2.45) is 5.92 Å². The number of likely N-dealkylation sites (tertiary alicyclic amines) is 1. The van der Waals surface area contributed by atoms with E-state index in [1.54, 1.807) is 36.1 Å². The fourth-order valence-electron chi connectivity index (χ4n) is 2.90. The number of thiazole rings is 1. The first-order valence-electron chi connectivity index (χ1n) is 8.31. The second-order valence-corrected chi connectivity index (χ2v) is 7.71. The van der Waals surface area contributed by atoms with Gasteiger partial charge in [0.1, 0.15) is 22.2 Å². The first kappa shape index (κ1) is 18.7. The molecule has 1 fully saturated rings. The number of ether oxygens (including phenoxy) is 1. The summed E-state index contributed by atoms with van der Waals surface area (Å²) in [7, 11) is 0. The van der Waals surface area contributed by atoms with Gasteiger partial charge in [-0.2, -0.15) is 0 Å². The zero-order valence-corrected chi connectivity index (χ0v) is 15.8. The number of carboxylic acids is 1. The molecule has 1 aliphatic heterocycles. The van der Waals surface area contributed by atoms with Crippen LogP contribution in [0.2, 0.25) is 5.02 Å². The van der Waals surface area contributed by atoms with Crippen LogP contribution in [0.15, 0.2) is 24.3 Å². The molecular weight excluding hydrogens is 376 g/mol. The Labute approximate surface area is 160 Å². The number of halogens is 1. The minimum absolute atomic E-state index is 0.149. The summed E-state index contributed by atoms with van der Waals surface area (Å²) in [6.07, 6.45) is 1.31. The molecule has 1 amide bonds. The van der Waals surface area contributed by atoms with Crippen molar-refractivity contribution in [3.63, 3.8) is 0 Å². The number of aliphatic carboxylic acids is 1. The zero-order chi connectivity index (χ0) is 18.7. The molecule has 1 N–H and O–H groups in total. The number of carbonyl (C=O) groups is 2. The van der Waals surface area contributed by atoms with Gasteiger partial charge < -0.3 is 14.7 Å². The Morgan fingerprint density at radius 1 is 1.38 bits per heavy atom. The van der Waals surface area contributed by atoms with Gasteiger partial charge in [-0.15, -0.1) is 11.3 Å². The van der Waals surface area contributed by atoms with Gasteiger partial charge in [0.05, 0.1) is 11.6 Å². The van der Waals surface area contributed by atoms with Crippen molar-refractivity contribution >= 4 is 34.8 Å². The predicted octanol–water partition coefficient (Wildman–Crippen LogP) is 3.62. The highest BCUT2D eigenvalue weighted by molar-refractivity contribution is 7.13. The Bertz CT molecular complexity index is 806. The number of hydrogen-bond acceptors (Lipinski definition) is 5. The van der Waals surface area contributed by atoms with Crippen LogP contribution in [0.25, 0.3) is 0 Å². The predicted molar refractivity (Wildman–Crippen MR) is 98.9 cm³/mol. The minimum Gasteiger partial charge on any atom is -0.486 e. The molecule has 138 valence electrons. The number of rotatable bonds is 5. The van der Waals surface area contributed by atoms with Gasteiger partial charge in [-0.25, -0.2) is 4.98 Å². The normalized spacial score (nSPS) is 17.2. The molecule has 2 aromatic rings.